The molecule has 5 heteroatoms. The molecule has 2 atom stereocenters. The second kappa shape index (κ2) is 8.44. The summed E-state index contributed by atoms with van der Waals surface area (Å²) in [5.41, 5.74) is 0. The van der Waals surface area contributed by atoms with Crippen LogP contribution in [-0.4, -0.2) is 42.3 Å². The number of ether oxygens (including phenoxy) is 1. The Morgan fingerprint density at radius 3 is 2.33 bits per heavy atom. The number of rotatable bonds is 7. The molecule has 0 aliphatic carbocycles. The van der Waals surface area contributed by atoms with Crippen LogP contribution < -0.4 is 0 Å². The molecule has 1 rings (SSSR count). The van der Waals surface area contributed by atoms with Crippen molar-refractivity contribution in [1.82, 2.24) is 0 Å². The van der Waals surface area contributed by atoms with Crippen molar-refractivity contribution in [3.8, 4) is 0 Å². The van der Waals surface area contributed by atoms with Gasteiger partial charge in [0.1, 0.15) is 0 Å². The van der Waals surface area contributed by atoms with E-state index in [1.165, 1.54) is 0 Å². The third-order valence-corrected chi connectivity index (χ3v) is 4.57. The van der Waals surface area contributed by atoms with Crippen LogP contribution in [0.5, 0.6) is 0 Å². The number of aliphatic hydroxyl groups excluding tert-OH is 1. The molecule has 108 valence electrons. The Morgan fingerprint density at radius 1 is 1.22 bits per heavy atom. The third kappa shape index (κ3) is 7.01. The Labute approximate surface area is 112 Å². The zero-order valence-corrected chi connectivity index (χ0v) is 12.9. The molecule has 1 aliphatic rings. The largest absolute Gasteiger partial charge is 0.393 e. The monoisotopic (exact) mass is 278 g/mol. The lowest BCUT2D eigenvalue weighted by Crippen LogP contribution is -2.29. The van der Waals surface area contributed by atoms with Gasteiger partial charge < -0.3 is 18.9 Å². The molecule has 1 fully saturated rings. The van der Waals surface area contributed by atoms with Gasteiger partial charge in [0.15, 0.2) is 8.38 Å². The van der Waals surface area contributed by atoms with Crippen molar-refractivity contribution < 1.29 is 18.9 Å². The van der Waals surface area contributed by atoms with Gasteiger partial charge in [-0.3, -0.25) is 0 Å². The van der Waals surface area contributed by atoms with Crippen LogP contribution in [0.1, 0.15) is 47.0 Å². The lowest BCUT2D eigenvalue weighted by molar-refractivity contribution is -0.0442. The maximum Gasteiger partial charge on any atom is 0.171 e. The van der Waals surface area contributed by atoms with Crippen LogP contribution in [0.4, 0.5) is 0 Å². The molecule has 0 amide bonds. The SMILES string of the molecule is CC(C)OP(CCC1CC(O)CCO1)OC(C)C. The first-order chi connectivity index (χ1) is 8.47. The van der Waals surface area contributed by atoms with Crippen molar-refractivity contribution in [1.29, 1.82) is 0 Å². The van der Waals surface area contributed by atoms with Gasteiger partial charge >= 0.3 is 0 Å². The molecule has 1 N–H and O–H groups in total. The minimum Gasteiger partial charge on any atom is -0.393 e. The van der Waals surface area contributed by atoms with Gasteiger partial charge in [-0.15, -0.1) is 0 Å². The van der Waals surface area contributed by atoms with E-state index in [1.807, 2.05) is 27.7 Å². The summed E-state index contributed by atoms with van der Waals surface area (Å²) in [5, 5.41) is 9.60. The summed E-state index contributed by atoms with van der Waals surface area (Å²) < 4.78 is 17.3. The van der Waals surface area contributed by atoms with E-state index in [2.05, 4.69) is 0 Å². The Hall–Kier alpha value is 0.270. The Kier molecular flexibility index (Phi) is 7.66. The third-order valence-electron chi connectivity index (χ3n) is 2.63. The van der Waals surface area contributed by atoms with E-state index in [0.717, 1.165) is 25.4 Å². The molecule has 0 spiro atoms. The van der Waals surface area contributed by atoms with Crippen molar-refractivity contribution in [2.45, 2.75) is 71.4 Å². The van der Waals surface area contributed by atoms with Gasteiger partial charge in [0.05, 0.1) is 24.4 Å². The molecule has 1 aliphatic heterocycles. The molecule has 1 heterocycles. The summed E-state index contributed by atoms with van der Waals surface area (Å²) in [4.78, 5) is 0. The number of aliphatic hydroxyl groups is 1. The van der Waals surface area contributed by atoms with Gasteiger partial charge in [-0.1, -0.05) is 0 Å². The smallest absolute Gasteiger partial charge is 0.171 e. The highest BCUT2D eigenvalue weighted by atomic mass is 31.2. The zero-order valence-electron chi connectivity index (χ0n) is 12.0. The summed E-state index contributed by atoms with van der Waals surface area (Å²) in [5.74, 6) is 0. The molecular formula is C13H27O4P. The van der Waals surface area contributed by atoms with Gasteiger partial charge in [0.2, 0.25) is 0 Å². The second-order valence-corrected chi connectivity index (χ2v) is 6.86. The van der Waals surface area contributed by atoms with Gasteiger partial charge in [-0.2, -0.15) is 0 Å². The number of hydrogen-bond acceptors (Lipinski definition) is 4. The van der Waals surface area contributed by atoms with Crippen LogP contribution in [-0.2, 0) is 13.8 Å². The van der Waals surface area contributed by atoms with Crippen LogP contribution in [0.3, 0.4) is 0 Å². The first-order valence-corrected chi connectivity index (χ1v) is 8.24. The highest BCUT2D eigenvalue weighted by Gasteiger charge is 2.23. The van der Waals surface area contributed by atoms with Gasteiger partial charge in [0.25, 0.3) is 0 Å². The molecule has 1 saturated heterocycles. The van der Waals surface area contributed by atoms with Crippen molar-refractivity contribution in [2.24, 2.45) is 0 Å². The molecule has 0 radical (unpaired) electrons. The van der Waals surface area contributed by atoms with Crippen molar-refractivity contribution in [2.75, 3.05) is 12.8 Å². The summed E-state index contributed by atoms with van der Waals surface area (Å²) in [6.07, 6.45) is 3.62. The van der Waals surface area contributed by atoms with Crippen LogP contribution in [0.15, 0.2) is 0 Å². The normalized spacial score (nSPS) is 25.3. The van der Waals surface area contributed by atoms with E-state index in [1.54, 1.807) is 0 Å². The first kappa shape index (κ1) is 16.3. The van der Waals surface area contributed by atoms with E-state index in [4.69, 9.17) is 13.8 Å². The maximum absolute atomic E-state index is 9.60. The molecule has 0 aromatic rings. The molecule has 18 heavy (non-hydrogen) atoms. The maximum atomic E-state index is 9.60. The Bertz CT molecular complexity index is 213. The van der Waals surface area contributed by atoms with Crippen LogP contribution in [0.25, 0.3) is 0 Å². The fourth-order valence-corrected chi connectivity index (χ4v) is 3.61. The summed E-state index contributed by atoms with van der Waals surface area (Å²) in [6.45, 7) is 8.78. The summed E-state index contributed by atoms with van der Waals surface area (Å²) >= 11 is 0. The van der Waals surface area contributed by atoms with Crippen LogP contribution in [0.2, 0.25) is 0 Å². The summed E-state index contributed by atoms with van der Waals surface area (Å²) in [7, 11) is -0.840. The predicted octanol–water partition coefficient (Wildman–Crippen LogP) is 3.08. The molecular weight excluding hydrogens is 251 g/mol. The molecule has 2 unspecified atom stereocenters. The molecule has 4 nitrogen and oxygen atoms in total. The minimum atomic E-state index is -0.840. The molecule has 0 bridgehead atoms. The highest BCUT2D eigenvalue weighted by molar-refractivity contribution is 7.47. The van der Waals surface area contributed by atoms with E-state index in [9.17, 15) is 5.11 Å². The van der Waals surface area contributed by atoms with E-state index >= 15 is 0 Å². The molecule has 0 saturated carbocycles. The quantitative estimate of drug-likeness (QED) is 0.727. The highest BCUT2D eigenvalue weighted by Crippen LogP contribution is 2.42. The molecule has 0 aromatic heterocycles. The lowest BCUT2D eigenvalue weighted by Gasteiger charge is -2.28. The first-order valence-electron chi connectivity index (χ1n) is 6.88. The lowest BCUT2D eigenvalue weighted by atomic mass is 10.0. The Morgan fingerprint density at radius 2 is 1.83 bits per heavy atom. The predicted molar refractivity (Wildman–Crippen MR) is 73.8 cm³/mol. The van der Waals surface area contributed by atoms with Crippen LogP contribution >= 0.6 is 8.38 Å². The standard InChI is InChI=1S/C13H27O4P/c1-10(2)16-18(17-11(3)4)8-6-13-9-12(14)5-7-15-13/h10-14H,5-9H2,1-4H3. The minimum absolute atomic E-state index is 0.158. The van der Waals surface area contributed by atoms with Gasteiger partial charge in [0, 0.05) is 12.8 Å². The summed E-state index contributed by atoms with van der Waals surface area (Å²) in [6, 6.07) is 0. The number of hydrogen-bond donors (Lipinski definition) is 1. The van der Waals surface area contributed by atoms with Crippen molar-refractivity contribution in [3.63, 3.8) is 0 Å². The average molecular weight is 278 g/mol. The molecule has 0 aromatic carbocycles. The topological polar surface area (TPSA) is 47.9 Å². The van der Waals surface area contributed by atoms with Gasteiger partial charge in [-0.05, 0) is 47.0 Å². The fraction of sp³-hybridized carbons (Fsp3) is 1.00. The van der Waals surface area contributed by atoms with Crippen molar-refractivity contribution >= 4 is 8.38 Å². The van der Waals surface area contributed by atoms with E-state index in [-0.39, 0.29) is 24.4 Å². The van der Waals surface area contributed by atoms with Gasteiger partial charge in [-0.25, -0.2) is 0 Å². The van der Waals surface area contributed by atoms with E-state index < -0.39 is 8.38 Å². The average Bonchev–Trinajstić information content (AvgIpc) is 2.24. The second-order valence-electron chi connectivity index (χ2n) is 5.32. The van der Waals surface area contributed by atoms with Crippen LogP contribution in [0, 0.1) is 0 Å². The van der Waals surface area contributed by atoms with Crippen molar-refractivity contribution in [3.05, 3.63) is 0 Å². The zero-order chi connectivity index (χ0) is 13.5. The fourth-order valence-electron chi connectivity index (χ4n) is 1.91. The van der Waals surface area contributed by atoms with E-state index in [0.29, 0.717) is 6.61 Å². The Balaban J connectivity index is 2.30.